The fraction of sp³-hybridized carbons (Fsp3) is 0.444. The lowest BCUT2D eigenvalue weighted by Gasteiger charge is -2.25. The minimum absolute atomic E-state index is 0.297. The first kappa shape index (κ1) is 23.1. The summed E-state index contributed by atoms with van der Waals surface area (Å²) in [6.45, 7) is 5.78. The van der Waals surface area contributed by atoms with Gasteiger partial charge in [0.15, 0.2) is 5.82 Å². The molecule has 2 unspecified atom stereocenters. The second-order valence-electron chi connectivity index (χ2n) is 9.80. The lowest BCUT2D eigenvalue weighted by atomic mass is 10.0. The molecule has 3 aromatic heterocycles. The Hall–Kier alpha value is -3.27. The predicted molar refractivity (Wildman–Crippen MR) is 139 cm³/mol. The first-order valence-electron chi connectivity index (χ1n) is 12.7. The molecule has 9 nitrogen and oxygen atoms in total. The van der Waals surface area contributed by atoms with E-state index < -0.39 is 0 Å². The number of nitrogen functional groups attached to an aromatic ring is 1. The Morgan fingerprint density at radius 3 is 2.75 bits per heavy atom. The highest BCUT2D eigenvalue weighted by molar-refractivity contribution is 5.90. The van der Waals surface area contributed by atoms with Crippen LogP contribution in [0.5, 0.6) is 0 Å². The summed E-state index contributed by atoms with van der Waals surface area (Å²) < 4.78 is 15.2. The maximum absolute atomic E-state index is 6.43. The molecule has 5 heterocycles. The molecule has 2 saturated heterocycles. The molecule has 36 heavy (non-hydrogen) atoms. The molecule has 1 aromatic carbocycles. The molecule has 2 aliphatic rings. The highest BCUT2D eigenvalue weighted by Crippen LogP contribution is 2.37. The standard InChI is InChI=1S/C27H33N7O2/c1-18(32-11-7-22(16-32)35-2)19-4-3-5-20(14-19)25-15-23(26-27(28)29-17-31-34(25)26)24-6-10-30-33(24)21-8-12-36-13-9-21/h3-6,10,14-15,17-18,21-22H,7-9,11-13,16H2,1-2H3,(H2,28,29,31). The van der Waals surface area contributed by atoms with E-state index in [9.17, 15) is 0 Å². The van der Waals surface area contributed by atoms with Gasteiger partial charge in [-0.05, 0) is 49.9 Å². The van der Waals surface area contributed by atoms with Crippen LogP contribution in [0.3, 0.4) is 0 Å². The number of hydrogen-bond donors (Lipinski definition) is 1. The van der Waals surface area contributed by atoms with E-state index in [4.69, 9.17) is 15.2 Å². The Morgan fingerprint density at radius 1 is 1.08 bits per heavy atom. The summed E-state index contributed by atoms with van der Waals surface area (Å²) in [5.74, 6) is 0.457. The van der Waals surface area contributed by atoms with Crippen LogP contribution >= 0.6 is 0 Å². The van der Waals surface area contributed by atoms with Gasteiger partial charge in [-0.15, -0.1) is 0 Å². The summed E-state index contributed by atoms with van der Waals surface area (Å²) in [5.41, 5.74) is 12.6. The highest BCUT2D eigenvalue weighted by atomic mass is 16.5. The third kappa shape index (κ3) is 4.07. The van der Waals surface area contributed by atoms with E-state index in [0.717, 1.165) is 73.6 Å². The van der Waals surface area contributed by atoms with Crippen molar-refractivity contribution in [2.24, 2.45) is 0 Å². The van der Waals surface area contributed by atoms with Gasteiger partial charge >= 0.3 is 0 Å². The highest BCUT2D eigenvalue weighted by Gasteiger charge is 2.27. The third-order valence-corrected chi connectivity index (χ3v) is 7.79. The van der Waals surface area contributed by atoms with E-state index in [1.807, 2.05) is 10.7 Å². The van der Waals surface area contributed by atoms with Gasteiger partial charge in [-0.25, -0.2) is 9.50 Å². The molecule has 0 spiro atoms. The number of methoxy groups -OCH3 is 1. The van der Waals surface area contributed by atoms with Gasteiger partial charge in [0.25, 0.3) is 0 Å². The van der Waals surface area contributed by atoms with Crippen LogP contribution in [0.25, 0.3) is 28.0 Å². The summed E-state index contributed by atoms with van der Waals surface area (Å²) in [6, 6.07) is 13.6. The van der Waals surface area contributed by atoms with E-state index >= 15 is 0 Å². The molecule has 0 saturated carbocycles. The summed E-state index contributed by atoms with van der Waals surface area (Å²) in [4.78, 5) is 6.81. The van der Waals surface area contributed by atoms with Crippen molar-refractivity contribution in [1.29, 1.82) is 0 Å². The first-order chi connectivity index (χ1) is 17.6. The minimum Gasteiger partial charge on any atom is -0.382 e. The minimum atomic E-state index is 0.297. The van der Waals surface area contributed by atoms with E-state index in [1.54, 1.807) is 7.11 Å². The normalized spacial score (nSPS) is 20.3. The van der Waals surface area contributed by atoms with Crippen molar-refractivity contribution < 1.29 is 9.47 Å². The summed E-state index contributed by atoms with van der Waals surface area (Å²) in [7, 11) is 1.80. The Balaban J connectivity index is 1.41. The quantitative estimate of drug-likeness (QED) is 0.440. The van der Waals surface area contributed by atoms with Crippen LogP contribution in [0.1, 0.15) is 43.8 Å². The van der Waals surface area contributed by atoms with E-state index in [2.05, 4.69) is 68.1 Å². The molecular formula is C27H33N7O2. The van der Waals surface area contributed by atoms with Crippen molar-refractivity contribution in [1.82, 2.24) is 29.3 Å². The van der Waals surface area contributed by atoms with Gasteiger partial charge in [-0.2, -0.15) is 10.2 Å². The summed E-state index contributed by atoms with van der Waals surface area (Å²) >= 11 is 0. The predicted octanol–water partition coefficient (Wildman–Crippen LogP) is 3.98. The zero-order valence-electron chi connectivity index (χ0n) is 20.9. The van der Waals surface area contributed by atoms with Crippen LogP contribution in [-0.2, 0) is 9.47 Å². The fourth-order valence-corrected chi connectivity index (χ4v) is 5.68. The van der Waals surface area contributed by atoms with Gasteiger partial charge in [0.05, 0.1) is 23.5 Å². The van der Waals surface area contributed by atoms with Gasteiger partial charge in [-0.3, -0.25) is 9.58 Å². The average molecular weight is 488 g/mol. The average Bonchev–Trinajstić information content (AvgIpc) is 3.67. The molecule has 0 aliphatic carbocycles. The largest absolute Gasteiger partial charge is 0.382 e. The maximum Gasteiger partial charge on any atom is 0.152 e. The number of rotatable bonds is 6. The molecule has 2 N–H and O–H groups in total. The van der Waals surface area contributed by atoms with E-state index in [0.29, 0.717) is 24.0 Å². The molecular weight excluding hydrogens is 454 g/mol. The van der Waals surface area contributed by atoms with E-state index in [-0.39, 0.29) is 0 Å². The maximum atomic E-state index is 6.43. The molecule has 0 radical (unpaired) electrons. The van der Waals surface area contributed by atoms with Gasteiger partial charge < -0.3 is 15.2 Å². The molecule has 9 heteroatoms. The van der Waals surface area contributed by atoms with Crippen molar-refractivity contribution >= 4 is 11.3 Å². The molecule has 6 rings (SSSR count). The van der Waals surface area contributed by atoms with Crippen LogP contribution in [0, 0.1) is 0 Å². The van der Waals surface area contributed by atoms with Crippen molar-refractivity contribution in [3.63, 3.8) is 0 Å². The Bertz CT molecular complexity index is 1360. The van der Waals surface area contributed by atoms with Crippen molar-refractivity contribution in [3.8, 4) is 22.5 Å². The van der Waals surface area contributed by atoms with Gasteiger partial charge in [0.1, 0.15) is 11.8 Å². The van der Waals surface area contributed by atoms with Gasteiger partial charge in [0.2, 0.25) is 0 Å². The number of nitrogens with zero attached hydrogens (tertiary/aromatic N) is 6. The SMILES string of the molecule is COC1CCN(C(C)c2cccc(-c3cc(-c4ccnn4C4CCOCC4)c4c(N)ncnn34)c2)C1. The van der Waals surface area contributed by atoms with Crippen molar-refractivity contribution in [3.05, 3.63) is 54.5 Å². The number of anilines is 1. The number of hydrogen-bond acceptors (Lipinski definition) is 7. The van der Waals surface area contributed by atoms with Crippen LogP contribution in [0.4, 0.5) is 5.82 Å². The van der Waals surface area contributed by atoms with Crippen LogP contribution in [0.15, 0.2) is 48.9 Å². The van der Waals surface area contributed by atoms with Gasteiger partial charge in [0, 0.05) is 56.8 Å². The topological polar surface area (TPSA) is 95.7 Å². The third-order valence-electron chi connectivity index (χ3n) is 7.79. The monoisotopic (exact) mass is 487 g/mol. The molecule has 0 bridgehead atoms. The van der Waals surface area contributed by atoms with Gasteiger partial charge in [-0.1, -0.05) is 18.2 Å². The fourth-order valence-electron chi connectivity index (χ4n) is 5.68. The Labute approximate surface area is 210 Å². The lowest BCUT2D eigenvalue weighted by Crippen LogP contribution is -2.26. The number of nitrogens with two attached hydrogens (primary N) is 1. The first-order valence-corrected chi connectivity index (χ1v) is 12.7. The lowest BCUT2D eigenvalue weighted by molar-refractivity contribution is 0.0667. The molecule has 188 valence electrons. The van der Waals surface area contributed by atoms with Crippen molar-refractivity contribution in [2.75, 3.05) is 39.1 Å². The summed E-state index contributed by atoms with van der Waals surface area (Å²) in [5, 5.41) is 9.30. The van der Waals surface area contributed by atoms with Crippen LogP contribution in [-0.4, -0.2) is 68.8 Å². The second-order valence-corrected chi connectivity index (χ2v) is 9.80. The molecule has 2 fully saturated rings. The second kappa shape index (κ2) is 9.65. The Kier molecular flexibility index (Phi) is 6.20. The molecule has 4 aromatic rings. The number of ether oxygens (including phenoxy) is 2. The molecule has 2 aliphatic heterocycles. The summed E-state index contributed by atoms with van der Waals surface area (Å²) in [6.07, 6.45) is 6.66. The number of benzene rings is 1. The number of likely N-dealkylation sites (tertiary alicyclic amines) is 1. The molecule has 0 amide bonds. The molecule has 2 atom stereocenters. The Morgan fingerprint density at radius 2 is 1.94 bits per heavy atom. The smallest absolute Gasteiger partial charge is 0.152 e. The van der Waals surface area contributed by atoms with Crippen LogP contribution < -0.4 is 5.73 Å². The number of aromatic nitrogens is 5. The zero-order chi connectivity index (χ0) is 24.6. The van der Waals surface area contributed by atoms with E-state index in [1.165, 1.54) is 11.9 Å². The van der Waals surface area contributed by atoms with Crippen LogP contribution in [0.2, 0.25) is 0 Å². The van der Waals surface area contributed by atoms with Crippen molar-refractivity contribution in [2.45, 2.75) is 44.4 Å². The number of fused-ring (bicyclic) bond motifs is 1. The zero-order valence-corrected chi connectivity index (χ0v) is 20.9.